The lowest BCUT2D eigenvalue weighted by Gasteiger charge is -2.05. The molecule has 16 heavy (non-hydrogen) atoms. The molecule has 1 heterocycles. The minimum absolute atomic E-state index is 0.277. The molecule has 82 valence electrons. The average molecular weight is 218 g/mol. The van der Waals surface area contributed by atoms with Crippen LogP contribution in [0.2, 0.25) is 0 Å². The average Bonchev–Trinajstić information content (AvgIpc) is 2.59. The Morgan fingerprint density at radius 2 is 2.12 bits per heavy atom. The Labute approximate surface area is 92.5 Å². The number of carbonyl (C=O) groups excluding carboxylic acids is 1. The molecule has 3 nitrogen and oxygen atoms in total. The van der Waals surface area contributed by atoms with Crippen LogP contribution >= 0.6 is 0 Å². The highest BCUT2D eigenvalue weighted by atomic mass is 19.1. The van der Waals surface area contributed by atoms with E-state index in [1.165, 1.54) is 12.1 Å². The van der Waals surface area contributed by atoms with Crippen LogP contribution in [-0.2, 0) is 0 Å². The first-order chi connectivity index (χ1) is 7.61. The van der Waals surface area contributed by atoms with Crippen LogP contribution in [0.4, 0.5) is 4.39 Å². The van der Waals surface area contributed by atoms with Gasteiger partial charge in [-0.05, 0) is 37.6 Å². The third-order valence-electron chi connectivity index (χ3n) is 2.47. The van der Waals surface area contributed by atoms with E-state index in [0.29, 0.717) is 11.3 Å². The van der Waals surface area contributed by atoms with E-state index < -0.39 is 0 Å². The summed E-state index contributed by atoms with van der Waals surface area (Å²) in [6, 6.07) is 4.46. The highest BCUT2D eigenvalue weighted by Crippen LogP contribution is 2.16. The van der Waals surface area contributed by atoms with Crippen molar-refractivity contribution in [3.8, 4) is 5.69 Å². The quantitative estimate of drug-likeness (QED) is 0.725. The highest BCUT2D eigenvalue weighted by molar-refractivity contribution is 5.76. The molecule has 0 atom stereocenters. The largest absolute Gasteiger partial charge is 0.298 e. The lowest BCUT2D eigenvalue weighted by Crippen LogP contribution is -1.98. The lowest BCUT2D eigenvalue weighted by atomic mass is 10.2. The molecule has 0 bridgehead atoms. The molecule has 0 N–H and O–H groups in total. The Morgan fingerprint density at radius 1 is 1.38 bits per heavy atom. The van der Waals surface area contributed by atoms with E-state index in [1.54, 1.807) is 30.8 Å². The Hall–Kier alpha value is -1.97. The van der Waals surface area contributed by atoms with Crippen LogP contribution < -0.4 is 0 Å². The number of aryl methyl sites for hydroxylation is 2. The first kappa shape index (κ1) is 10.5. The van der Waals surface area contributed by atoms with E-state index in [4.69, 9.17) is 0 Å². The Morgan fingerprint density at radius 3 is 2.69 bits per heavy atom. The van der Waals surface area contributed by atoms with Crippen LogP contribution in [0, 0.1) is 19.7 Å². The van der Waals surface area contributed by atoms with Gasteiger partial charge in [0.2, 0.25) is 0 Å². The van der Waals surface area contributed by atoms with E-state index in [0.717, 1.165) is 17.5 Å². The van der Waals surface area contributed by atoms with Gasteiger partial charge in [-0.25, -0.2) is 9.07 Å². The van der Waals surface area contributed by atoms with E-state index in [2.05, 4.69) is 5.10 Å². The number of halogens is 1. The molecule has 0 aliphatic heterocycles. The predicted molar refractivity (Wildman–Crippen MR) is 58.4 cm³/mol. The fraction of sp³-hybridized carbons (Fsp3) is 0.167. The third kappa shape index (κ3) is 1.74. The third-order valence-corrected chi connectivity index (χ3v) is 2.47. The molecule has 2 aromatic rings. The van der Waals surface area contributed by atoms with Crippen LogP contribution in [0.3, 0.4) is 0 Å². The smallest absolute Gasteiger partial charge is 0.153 e. The molecule has 2 rings (SSSR count). The van der Waals surface area contributed by atoms with Crippen LogP contribution in [0.5, 0.6) is 0 Å². The molecular weight excluding hydrogens is 207 g/mol. The van der Waals surface area contributed by atoms with Gasteiger partial charge in [0.25, 0.3) is 0 Å². The zero-order valence-electron chi connectivity index (χ0n) is 9.07. The van der Waals surface area contributed by atoms with E-state index in [1.807, 2.05) is 0 Å². The van der Waals surface area contributed by atoms with Gasteiger partial charge in [-0.15, -0.1) is 0 Å². The van der Waals surface area contributed by atoms with Crippen molar-refractivity contribution in [3.05, 3.63) is 47.0 Å². The number of benzene rings is 1. The maximum atomic E-state index is 12.9. The molecule has 0 saturated carbocycles. The van der Waals surface area contributed by atoms with Crippen LogP contribution in [0.15, 0.2) is 24.4 Å². The van der Waals surface area contributed by atoms with E-state index in [-0.39, 0.29) is 5.82 Å². The number of hydrogen-bond acceptors (Lipinski definition) is 2. The summed E-state index contributed by atoms with van der Waals surface area (Å²) in [5.74, 6) is -0.277. The number of aldehydes is 1. The van der Waals surface area contributed by atoms with Crippen molar-refractivity contribution >= 4 is 6.29 Å². The SMILES string of the molecule is Cc1cc(F)ccc1-n1cc(C=O)c(C)n1. The van der Waals surface area contributed by atoms with Gasteiger partial charge >= 0.3 is 0 Å². The molecule has 0 unspecified atom stereocenters. The summed E-state index contributed by atoms with van der Waals surface area (Å²) in [4.78, 5) is 10.7. The molecule has 0 aliphatic rings. The van der Waals surface area contributed by atoms with Crippen LogP contribution in [0.25, 0.3) is 5.69 Å². The van der Waals surface area contributed by atoms with Crippen molar-refractivity contribution in [2.45, 2.75) is 13.8 Å². The van der Waals surface area contributed by atoms with Gasteiger partial charge in [-0.1, -0.05) is 0 Å². The second-order valence-electron chi connectivity index (χ2n) is 3.66. The van der Waals surface area contributed by atoms with Gasteiger partial charge < -0.3 is 0 Å². The number of aromatic nitrogens is 2. The normalized spacial score (nSPS) is 10.4. The summed E-state index contributed by atoms with van der Waals surface area (Å²) >= 11 is 0. The first-order valence-electron chi connectivity index (χ1n) is 4.90. The highest BCUT2D eigenvalue weighted by Gasteiger charge is 2.07. The van der Waals surface area contributed by atoms with Gasteiger partial charge in [0, 0.05) is 6.20 Å². The summed E-state index contributed by atoms with van der Waals surface area (Å²) < 4.78 is 14.5. The molecular formula is C12H11FN2O. The maximum Gasteiger partial charge on any atom is 0.153 e. The van der Waals surface area contributed by atoms with Gasteiger partial charge in [0.05, 0.1) is 16.9 Å². The molecule has 1 aromatic carbocycles. The molecule has 0 amide bonds. The maximum absolute atomic E-state index is 12.9. The molecule has 0 saturated heterocycles. The van der Waals surface area contributed by atoms with Crippen molar-refractivity contribution in [1.82, 2.24) is 9.78 Å². The van der Waals surface area contributed by atoms with Crippen LogP contribution in [0.1, 0.15) is 21.6 Å². The Kier molecular flexibility index (Phi) is 2.56. The second-order valence-corrected chi connectivity index (χ2v) is 3.66. The fourth-order valence-corrected chi connectivity index (χ4v) is 1.59. The second kappa shape index (κ2) is 3.89. The van der Waals surface area contributed by atoms with Gasteiger partial charge in [-0.3, -0.25) is 4.79 Å². The predicted octanol–water partition coefficient (Wildman–Crippen LogP) is 2.44. The summed E-state index contributed by atoms with van der Waals surface area (Å²) in [5.41, 5.74) is 2.76. The van der Waals surface area contributed by atoms with Crippen molar-refractivity contribution in [2.75, 3.05) is 0 Å². The summed E-state index contributed by atoms with van der Waals surface area (Å²) in [7, 11) is 0. The van der Waals surface area contributed by atoms with E-state index in [9.17, 15) is 9.18 Å². The number of hydrogen-bond donors (Lipinski definition) is 0. The monoisotopic (exact) mass is 218 g/mol. The minimum atomic E-state index is -0.277. The molecule has 0 spiro atoms. The number of rotatable bonds is 2. The zero-order valence-corrected chi connectivity index (χ0v) is 9.07. The van der Waals surface area contributed by atoms with Gasteiger partial charge in [0.15, 0.2) is 6.29 Å². The Bertz CT molecular complexity index is 546. The first-order valence-corrected chi connectivity index (χ1v) is 4.90. The van der Waals surface area contributed by atoms with Gasteiger partial charge in [-0.2, -0.15) is 5.10 Å². The van der Waals surface area contributed by atoms with Crippen molar-refractivity contribution in [3.63, 3.8) is 0 Å². The Balaban J connectivity index is 2.54. The summed E-state index contributed by atoms with van der Waals surface area (Å²) in [6.07, 6.45) is 2.40. The fourth-order valence-electron chi connectivity index (χ4n) is 1.59. The van der Waals surface area contributed by atoms with Crippen molar-refractivity contribution in [2.24, 2.45) is 0 Å². The minimum Gasteiger partial charge on any atom is -0.298 e. The topological polar surface area (TPSA) is 34.9 Å². The molecule has 0 radical (unpaired) electrons. The van der Waals surface area contributed by atoms with Crippen LogP contribution in [-0.4, -0.2) is 16.1 Å². The van der Waals surface area contributed by atoms with Gasteiger partial charge in [0.1, 0.15) is 5.82 Å². The summed E-state index contributed by atoms with van der Waals surface area (Å²) in [6.45, 7) is 3.56. The lowest BCUT2D eigenvalue weighted by molar-refractivity contribution is 0.112. The van der Waals surface area contributed by atoms with Crippen molar-refractivity contribution < 1.29 is 9.18 Å². The zero-order chi connectivity index (χ0) is 11.7. The van der Waals surface area contributed by atoms with E-state index >= 15 is 0 Å². The van der Waals surface area contributed by atoms with Crippen molar-refractivity contribution in [1.29, 1.82) is 0 Å². The standard InChI is InChI=1S/C12H11FN2O/c1-8-5-11(13)3-4-12(8)15-6-10(7-16)9(2)14-15/h3-7H,1-2H3. The molecule has 4 heteroatoms. The molecule has 0 fully saturated rings. The number of nitrogens with zero attached hydrogens (tertiary/aromatic N) is 2. The molecule has 0 aliphatic carbocycles. The number of carbonyl (C=O) groups is 1. The molecule has 1 aromatic heterocycles. The summed E-state index contributed by atoms with van der Waals surface area (Å²) in [5, 5.41) is 4.21.